The van der Waals surface area contributed by atoms with Gasteiger partial charge in [0.15, 0.2) is 0 Å². The molecule has 0 radical (unpaired) electrons. The van der Waals surface area contributed by atoms with E-state index in [1.165, 1.54) is 10.6 Å². The molecule has 0 bridgehead atoms. The van der Waals surface area contributed by atoms with E-state index in [1.807, 2.05) is 14.1 Å². The van der Waals surface area contributed by atoms with Crippen LogP contribution in [0.3, 0.4) is 0 Å². The molecule has 0 amide bonds. The van der Waals surface area contributed by atoms with Gasteiger partial charge in [-0.25, -0.2) is 4.98 Å². The number of aromatic nitrogens is 2. The Hall–Kier alpha value is -1.94. The van der Waals surface area contributed by atoms with Crippen LogP contribution in [0.25, 0.3) is 16.9 Å². The Labute approximate surface area is 123 Å². The molecule has 2 heterocycles. The van der Waals surface area contributed by atoms with Gasteiger partial charge in [0.05, 0.1) is 5.69 Å². The molecule has 1 aromatic carbocycles. The number of pyridine rings is 1. The van der Waals surface area contributed by atoms with Crippen LogP contribution >= 0.6 is 11.8 Å². The zero-order valence-electron chi connectivity index (χ0n) is 11.9. The van der Waals surface area contributed by atoms with Gasteiger partial charge in [-0.05, 0) is 30.5 Å². The molecule has 3 nitrogen and oxygen atoms in total. The minimum absolute atomic E-state index is 0.981. The van der Waals surface area contributed by atoms with Crippen LogP contribution in [0.4, 0.5) is 5.69 Å². The van der Waals surface area contributed by atoms with Gasteiger partial charge in [0, 0.05) is 42.6 Å². The minimum atomic E-state index is 0.981. The van der Waals surface area contributed by atoms with Gasteiger partial charge in [0.2, 0.25) is 0 Å². The average Bonchev–Trinajstić information content (AvgIpc) is 2.90. The van der Waals surface area contributed by atoms with Crippen molar-refractivity contribution in [3.05, 3.63) is 48.8 Å². The average molecular weight is 282 g/mol. The quantitative estimate of drug-likeness (QED) is 0.682. The summed E-state index contributed by atoms with van der Waals surface area (Å²) >= 11 is 1.74. The van der Waals surface area contributed by atoms with E-state index < -0.39 is 0 Å². The Kier molecular flexibility index (Phi) is 3.40. The van der Waals surface area contributed by atoms with Crippen molar-refractivity contribution in [1.82, 2.24) is 9.38 Å². The first-order valence-corrected chi connectivity index (χ1v) is 7.70. The number of nitrogens with zero attached hydrogens (tertiary/aromatic N) is 3. The van der Waals surface area contributed by atoms with Crippen LogP contribution in [0.2, 0.25) is 0 Å². The molecule has 0 saturated carbocycles. The lowest BCUT2D eigenvalue weighted by molar-refractivity contribution is 1.13. The number of hydrogen-bond donors (Lipinski definition) is 0. The maximum Gasteiger partial charge on any atom is 0.137 e. The zero-order valence-corrected chi connectivity index (χ0v) is 12.7. The van der Waals surface area contributed by atoms with Crippen LogP contribution < -0.4 is 4.90 Å². The van der Waals surface area contributed by atoms with Crippen molar-refractivity contribution < 1.29 is 0 Å². The van der Waals surface area contributed by atoms with Crippen molar-refractivity contribution in [2.24, 2.45) is 0 Å². The van der Waals surface area contributed by atoms with Gasteiger partial charge in [-0.1, -0.05) is 12.1 Å². The maximum atomic E-state index is 4.67. The van der Waals surface area contributed by atoms with Crippen molar-refractivity contribution in [3.8, 4) is 11.3 Å². The summed E-state index contributed by atoms with van der Waals surface area (Å²) in [5.74, 6) is 0. The van der Waals surface area contributed by atoms with Crippen LogP contribution in [0.1, 0.15) is 0 Å². The molecule has 0 saturated heterocycles. The molecule has 4 heteroatoms. The van der Waals surface area contributed by atoms with Gasteiger partial charge in [-0.3, -0.25) is 0 Å². The molecule has 0 aliphatic heterocycles. The third-order valence-electron chi connectivity index (χ3n) is 3.34. The van der Waals surface area contributed by atoms with Gasteiger partial charge in [-0.15, -0.1) is 11.8 Å². The fraction of sp³-hybridized carbons (Fsp3) is 0.188. The number of hydrogen-bond acceptors (Lipinski definition) is 3. The molecule has 0 aliphatic carbocycles. The van der Waals surface area contributed by atoms with E-state index in [9.17, 15) is 0 Å². The third kappa shape index (κ3) is 2.39. The highest BCUT2D eigenvalue weighted by Crippen LogP contribution is 2.23. The molecule has 3 rings (SSSR count). The lowest BCUT2D eigenvalue weighted by Gasteiger charge is -2.12. The topological polar surface area (TPSA) is 20.5 Å². The molecule has 0 unspecified atom stereocenters. The van der Waals surface area contributed by atoms with Crippen molar-refractivity contribution in [1.29, 1.82) is 0 Å². The molecular weight excluding hydrogens is 265 g/mol. The summed E-state index contributed by atoms with van der Waals surface area (Å²) in [6.45, 7) is 0. The standard InChI is InChI=1S/C16H17N3S/c1-18(2)13-6-4-12(5-7-13)15-11-19-10-14(20-3)8-9-16(19)17-15/h4-11H,1-3H3/i3-1. The fourth-order valence-electron chi connectivity index (χ4n) is 2.16. The summed E-state index contributed by atoms with van der Waals surface area (Å²) < 4.78 is 2.08. The molecule has 0 N–H and O–H groups in total. The van der Waals surface area contributed by atoms with Crippen molar-refractivity contribution in [2.75, 3.05) is 25.3 Å². The van der Waals surface area contributed by atoms with Gasteiger partial charge < -0.3 is 9.30 Å². The molecule has 0 atom stereocenters. The second-order valence-electron chi connectivity index (χ2n) is 4.90. The van der Waals surface area contributed by atoms with Gasteiger partial charge in [0.25, 0.3) is 0 Å². The maximum absolute atomic E-state index is 4.67. The van der Waals surface area contributed by atoms with Gasteiger partial charge >= 0.3 is 0 Å². The van der Waals surface area contributed by atoms with E-state index in [2.05, 4.69) is 69.3 Å². The number of benzene rings is 1. The van der Waals surface area contributed by atoms with Crippen LogP contribution in [-0.4, -0.2) is 29.7 Å². The number of fused-ring (bicyclic) bond motifs is 1. The Bertz CT molecular complexity index is 729. The van der Waals surface area contributed by atoms with Gasteiger partial charge in [0.1, 0.15) is 5.65 Å². The van der Waals surface area contributed by atoms with Crippen molar-refractivity contribution >= 4 is 23.1 Å². The zero-order chi connectivity index (χ0) is 14.1. The van der Waals surface area contributed by atoms with Gasteiger partial charge in [-0.2, -0.15) is 0 Å². The summed E-state index contributed by atoms with van der Waals surface area (Å²) in [4.78, 5) is 8.01. The molecule has 0 aliphatic rings. The van der Waals surface area contributed by atoms with E-state index in [4.69, 9.17) is 0 Å². The highest BCUT2D eigenvalue weighted by molar-refractivity contribution is 7.98. The lowest BCUT2D eigenvalue weighted by Crippen LogP contribution is -2.07. The Morgan fingerprint density at radius 2 is 1.75 bits per heavy atom. The van der Waals surface area contributed by atoms with Crippen LogP contribution in [0.5, 0.6) is 0 Å². The molecule has 102 valence electrons. The first-order chi connectivity index (χ1) is 9.67. The minimum Gasteiger partial charge on any atom is -0.378 e. The van der Waals surface area contributed by atoms with E-state index in [0.29, 0.717) is 0 Å². The summed E-state index contributed by atoms with van der Waals surface area (Å²) in [5, 5.41) is 0. The van der Waals surface area contributed by atoms with E-state index in [0.717, 1.165) is 16.9 Å². The summed E-state index contributed by atoms with van der Waals surface area (Å²) in [6, 6.07) is 12.6. The van der Waals surface area contributed by atoms with Crippen LogP contribution in [0.15, 0.2) is 53.7 Å². The molecule has 0 spiro atoms. The highest BCUT2D eigenvalue weighted by Gasteiger charge is 2.05. The second-order valence-corrected chi connectivity index (χ2v) is 5.78. The van der Waals surface area contributed by atoms with Crippen molar-refractivity contribution in [2.45, 2.75) is 4.90 Å². The SMILES string of the molecule is CN(C)c1ccc(-c2cn3cc(S[11CH3])ccc3n2)cc1. The predicted molar refractivity (Wildman–Crippen MR) is 86.7 cm³/mol. The third-order valence-corrected chi connectivity index (χ3v) is 4.05. The normalized spacial score (nSPS) is 10.9. The summed E-state index contributed by atoms with van der Waals surface area (Å²) in [7, 11) is 4.09. The number of anilines is 1. The largest absolute Gasteiger partial charge is 0.378 e. The van der Waals surface area contributed by atoms with Crippen molar-refractivity contribution in [3.63, 3.8) is 0 Å². The summed E-state index contributed by atoms with van der Waals surface area (Å²) in [6.07, 6.45) is 6.28. The number of rotatable bonds is 3. The molecule has 0 fully saturated rings. The van der Waals surface area contributed by atoms with Crippen LogP contribution in [-0.2, 0) is 0 Å². The monoisotopic (exact) mass is 282 g/mol. The Morgan fingerprint density at radius 3 is 2.40 bits per heavy atom. The van der Waals surface area contributed by atoms with Crippen LogP contribution in [0, 0.1) is 0 Å². The molecular formula is C16H17N3S. The molecule has 20 heavy (non-hydrogen) atoms. The Morgan fingerprint density at radius 1 is 1.00 bits per heavy atom. The number of thioether (sulfide) groups is 1. The molecule has 3 aromatic rings. The molecule has 2 aromatic heterocycles. The van der Waals surface area contributed by atoms with E-state index in [1.54, 1.807) is 11.8 Å². The van der Waals surface area contributed by atoms with E-state index in [-0.39, 0.29) is 0 Å². The Balaban J connectivity index is 2.01. The summed E-state index contributed by atoms with van der Waals surface area (Å²) in [5.41, 5.74) is 4.33. The van der Waals surface area contributed by atoms with E-state index >= 15 is 0 Å². The highest BCUT2D eigenvalue weighted by atomic mass is 32.2. The fourth-order valence-corrected chi connectivity index (χ4v) is 2.58. The lowest BCUT2D eigenvalue weighted by atomic mass is 10.1. The second kappa shape index (κ2) is 5.21. The predicted octanol–water partition coefficient (Wildman–Crippen LogP) is 3.79. The number of imidazole rings is 1. The smallest absolute Gasteiger partial charge is 0.137 e. The first kappa shape index (κ1) is 13.1. The first-order valence-electron chi connectivity index (χ1n) is 6.48.